The summed E-state index contributed by atoms with van der Waals surface area (Å²) in [6.45, 7) is 4.90. The van der Waals surface area contributed by atoms with Crippen LogP contribution in [0.1, 0.15) is 25.0 Å². The molecule has 0 spiro atoms. The van der Waals surface area contributed by atoms with Crippen LogP contribution in [0, 0.1) is 0 Å². The first-order chi connectivity index (χ1) is 8.14. The van der Waals surface area contributed by atoms with Crippen LogP contribution in [-0.4, -0.2) is 18.3 Å². The molecule has 1 fully saturated rings. The van der Waals surface area contributed by atoms with Gasteiger partial charge in [-0.1, -0.05) is 48.1 Å². The SMILES string of the molecule is CC=C(C)C=Cc1ccc(C2(O)COC2)cc1. The van der Waals surface area contributed by atoms with E-state index < -0.39 is 5.60 Å². The summed E-state index contributed by atoms with van der Waals surface area (Å²) < 4.78 is 5.04. The first-order valence-corrected chi connectivity index (χ1v) is 5.86. The quantitative estimate of drug-likeness (QED) is 0.809. The molecule has 1 aliphatic rings. The summed E-state index contributed by atoms with van der Waals surface area (Å²) in [4.78, 5) is 0. The fourth-order valence-electron chi connectivity index (χ4n) is 1.69. The van der Waals surface area contributed by atoms with Gasteiger partial charge in [0.25, 0.3) is 0 Å². The van der Waals surface area contributed by atoms with Gasteiger partial charge in [0.1, 0.15) is 5.60 Å². The summed E-state index contributed by atoms with van der Waals surface area (Å²) in [7, 11) is 0. The lowest BCUT2D eigenvalue weighted by Gasteiger charge is -2.36. The maximum atomic E-state index is 10.1. The molecule has 0 aliphatic carbocycles. The molecule has 1 aromatic rings. The van der Waals surface area contributed by atoms with E-state index in [0.29, 0.717) is 13.2 Å². The molecule has 1 aromatic carbocycles. The molecular weight excluding hydrogens is 212 g/mol. The molecule has 0 unspecified atom stereocenters. The summed E-state index contributed by atoms with van der Waals surface area (Å²) in [5, 5.41) is 10.1. The highest BCUT2D eigenvalue weighted by molar-refractivity contribution is 5.53. The van der Waals surface area contributed by atoms with Crippen molar-refractivity contribution < 1.29 is 9.84 Å². The summed E-state index contributed by atoms with van der Waals surface area (Å²) in [6, 6.07) is 7.97. The van der Waals surface area contributed by atoms with Crippen molar-refractivity contribution in [3.8, 4) is 0 Å². The number of hydrogen-bond donors (Lipinski definition) is 1. The van der Waals surface area contributed by atoms with E-state index in [1.165, 1.54) is 5.57 Å². The monoisotopic (exact) mass is 230 g/mol. The van der Waals surface area contributed by atoms with Gasteiger partial charge in [-0.15, -0.1) is 0 Å². The molecule has 0 radical (unpaired) electrons. The Morgan fingerprint density at radius 1 is 1.29 bits per heavy atom. The largest absolute Gasteiger partial charge is 0.380 e. The number of benzene rings is 1. The molecule has 0 amide bonds. The minimum atomic E-state index is -0.762. The van der Waals surface area contributed by atoms with Gasteiger partial charge in [-0.25, -0.2) is 0 Å². The van der Waals surface area contributed by atoms with Crippen molar-refractivity contribution in [3.63, 3.8) is 0 Å². The van der Waals surface area contributed by atoms with Gasteiger partial charge in [-0.2, -0.15) is 0 Å². The Kier molecular flexibility index (Phi) is 3.46. The normalized spacial score (nSPS) is 19.4. The lowest BCUT2D eigenvalue weighted by Crippen LogP contribution is -2.46. The number of ether oxygens (including phenoxy) is 1. The fraction of sp³-hybridized carbons (Fsp3) is 0.333. The van der Waals surface area contributed by atoms with Crippen LogP contribution in [0.15, 0.2) is 42.0 Å². The van der Waals surface area contributed by atoms with E-state index in [0.717, 1.165) is 11.1 Å². The van der Waals surface area contributed by atoms with Crippen molar-refractivity contribution in [2.75, 3.05) is 13.2 Å². The highest BCUT2D eigenvalue weighted by Gasteiger charge is 2.37. The van der Waals surface area contributed by atoms with Crippen LogP contribution >= 0.6 is 0 Å². The highest BCUT2D eigenvalue weighted by Crippen LogP contribution is 2.29. The minimum absolute atomic E-state index is 0.403. The average Bonchev–Trinajstić information content (AvgIpc) is 2.33. The van der Waals surface area contributed by atoms with Gasteiger partial charge in [0, 0.05) is 0 Å². The van der Waals surface area contributed by atoms with E-state index in [-0.39, 0.29) is 0 Å². The number of aliphatic hydroxyl groups is 1. The van der Waals surface area contributed by atoms with Crippen molar-refractivity contribution in [1.29, 1.82) is 0 Å². The van der Waals surface area contributed by atoms with E-state index in [9.17, 15) is 5.11 Å². The Morgan fingerprint density at radius 3 is 2.41 bits per heavy atom. The summed E-state index contributed by atoms with van der Waals surface area (Å²) in [6.07, 6.45) is 6.22. The van der Waals surface area contributed by atoms with Crippen LogP contribution in [0.2, 0.25) is 0 Å². The van der Waals surface area contributed by atoms with Gasteiger partial charge < -0.3 is 9.84 Å². The van der Waals surface area contributed by atoms with Crippen LogP contribution < -0.4 is 0 Å². The topological polar surface area (TPSA) is 29.5 Å². The zero-order valence-electron chi connectivity index (χ0n) is 10.3. The zero-order chi connectivity index (χ0) is 12.3. The molecule has 1 N–H and O–H groups in total. The van der Waals surface area contributed by atoms with Gasteiger partial charge in [0.05, 0.1) is 13.2 Å². The van der Waals surface area contributed by atoms with Gasteiger partial charge >= 0.3 is 0 Å². The van der Waals surface area contributed by atoms with Crippen LogP contribution in [0.25, 0.3) is 6.08 Å². The van der Waals surface area contributed by atoms with Crippen molar-refractivity contribution in [2.45, 2.75) is 19.4 Å². The Morgan fingerprint density at radius 2 is 1.94 bits per heavy atom. The second kappa shape index (κ2) is 4.86. The predicted octanol–water partition coefficient (Wildman–Crippen LogP) is 2.88. The molecule has 2 rings (SSSR count). The van der Waals surface area contributed by atoms with Gasteiger partial charge in [0.15, 0.2) is 0 Å². The molecule has 90 valence electrons. The molecule has 1 saturated heterocycles. The molecule has 17 heavy (non-hydrogen) atoms. The zero-order valence-corrected chi connectivity index (χ0v) is 10.3. The number of rotatable bonds is 3. The predicted molar refractivity (Wildman–Crippen MR) is 69.6 cm³/mol. The minimum Gasteiger partial charge on any atom is -0.380 e. The van der Waals surface area contributed by atoms with E-state index in [1.807, 2.05) is 31.2 Å². The van der Waals surface area contributed by atoms with Gasteiger partial charge in [0.2, 0.25) is 0 Å². The Balaban J connectivity index is 2.11. The Hall–Kier alpha value is -1.38. The maximum absolute atomic E-state index is 10.1. The number of allylic oxidation sites excluding steroid dienone is 3. The third-order valence-electron chi connectivity index (χ3n) is 3.12. The van der Waals surface area contributed by atoms with Crippen molar-refractivity contribution in [1.82, 2.24) is 0 Å². The fourth-order valence-corrected chi connectivity index (χ4v) is 1.69. The van der Waals surface area contributed by atoms with Gasteiger partial charge in [-0.05, 0) is 25.0 Å². The second-order valence-corrected chi connectivity index (χ2v) is 4.51. The molecular formula is C15H18O2. The van der Waals surface area contributed by atoms with Crippen molar-refractivity contribution >= 4 is 6.08 Å². The lowest BCUT2D eigenvalue weighted by atomic mass is 9.91. The first kappa shape index (κ1) is 12.1. The third kappa shape index (κ3) is 2.65. The van der Waals surface area contributed by atoms with E-state index >= 15 is 0 Å². The molecule has 1 heterocycles. The van der Waals surface area contributed by atoms with Crippen LogP contribution in [-0.2, 0) is 10.3 Å². The summed E-state index contributed by atoms with van der Waals surface area (Å²) >= 11 is 0. The third-order valence-corrected chi connectivity index (χ3v) is 3.12. The van der Waals surface area contributed by atoms with Crippen LogP contribution in [0.5, 0.6) is 0 Å². The van der Waals surface area contributed by atoms with E-state index in [4.69, 9.17) is 4.74 Å². The molecule has 0 saturated carbocycles. The Labute approximate surface area is 102 Å². The smallest absolute Gasteiger partial charge is 0.136 e. The van der Waals surface area contributed by atoms with Crippen LogP contribution in [0.3, 0.4) is 0 Å². The maximum Gasteiger partial charge on any atom is 0.136 e. The molecule has 1 aliphatic heterocycles. The Bertz CT molecular complexity index is 436. The van der Waals surface area contributed by atoms with Crippen molar-refractivity contribution in [2.24, 2.45) is 0 Å². The summed E-state index contributed by atoms with van der Waals surface area (Å²) in [5.41, 5.74) is 2.55. The van der Waals surface area contributed by atoms with Gasteiger partial charge in [-0.3, -0.25) is 0 Å². The average molecular weight is 230 g/mol. The van der Waals surface area contributed by atoms with Crippen molar-refractivity contribution in [3.05, 3.63) is 53.1 Å². The molecule has 0 atom stereocenters. The van der Waals surface area contributed by atoms with Crippen LogP contribution in [0.4, 0.5) is 0 Å². The lowest BCUT2D eigenvalue weighted by molar-refractivity contribution is -0.184. The second-order valence-electron chi connectivity index (χ2n) is 4.51. The highest BCUT2D eigenvalue weighted by atomic mass is 16.5. The molecule has 2 nitrogen and oxygen atoms in total. The summed E-state index contributed by atoms with van der Waals surface area (Å²) in [5.74, 6) is 0. The van der Waals surface area contributed by atoms with E-state index in [1.54, 1.807) is 0 Å². The van der Waals surface area contributed by atoms with E-state index in [2.05, 4.69) is 25.2 Å². The molecule has 0 aromatic heterocycles. The standard InChI is InChI=1S/C15H18O2/c1-3-12(2)4-5-13-6-8-14(9-7-13)15(16)10-17-11-15/h3-9,16H,10-11H2,1-2H3. The number of hydrogen-bond acceptors (Lipinski definition) is 2. The first-order valence-electron chi connectivity index (χ1n) is 5.86. The molecule has 2 heteroatoms. The molecule has 0 bridgehead atoms.